The van der Waals surface area contributed by atoms with Crippen molar-refractivity contribution < 1.29 is 18.5 Å². The lowest BCUT2D eigenvalue weighted by Crippen LogP contribution is -2.33. The summed E-state index contributed by atoms with van der Waals surface area (Å²) in [5.41, 5.74) is -1.21. The lowest BCUT2D eigenvalue weighted by molar-refractivity contribution is -0.385. The molecule has 0 fully saturated rings. The van der Waals surface area contributed by atoms with Crippen molar-refractivity contribution in [2.75, 3.05) is 7.05 Å². The molecule has 0 heterocycles. The minimum atomic E-state index is -1.36. The normalized spacial score (nSPS) is 10.6. The van der Waals surface area contributed by atoms with Crippen molar-refractivity contribution in [3.05, 3.63) is 39.4 Å². The summed E-state index contributed by atoms with van der Waals surface area (Å²) in [6, 6.07) is 0.746. The van der Waals surface area contributed by atoms with Crippen molar-refractivity contribution in [2.24, 2.45) is 0 Å². The van der Waals surface area contributed by atoms with Gasteiger partial charge in [-0.1, -0.05) is 0 Å². The summed E-state index contributed by atoms with van der Waals surface area (Å²) in [4.78, 5) is 22.9. The number of benzene rings is 1. The van der Waals surface area contributed by atoms with Gasteiger partial charge in [-0.25, -0.2) is 8.78 Å². The van der Waals surface area contributed by atoms with Crippen LogP contribution in [0.4, 0.5) is 14.5 Å². The predicted molar refractivity (Wildman–Crippen MR) is 60.2 cm³/mol. The van der Waals surface area contributed by atoms with E-state index in [-0.39, 0.29) is 6.04 Å². The molecule has 5 nitrogen and oxygen atoms in total. The van der Waals surface area contributed by atoms with E-state index in [1.807, 2.05) is 0 Å². The number of rotatable bonds is 3. The number of amides is 1. The van der Waals surface area contributed by atoms with E-state index in [0.29, 0.717) is 12.1 Å². The van der Waals surface area contributed by atoms with Gasteiger partial charge in [-0.15, -0.1) is 0 Å². The Kier molecular flexibility index (Phi) is 3.95. The first-order chi connectivity index (χ1) is 8.25. The van der Waals surface area contributed by atoms with Crippen LogP contribution in [0.25, 0.3) is 0 Å². The fourth-order valence-electron chi connectivity index (χ4n) is 1.28. The first-order valence-electron chi connectivity index (χ1n) is 5.16. The van der Waals surface area contributed by atoms with Crippen LogP contribution in [0.2, 0.25) is 0 Å². The maximum atomic E-state index is 13.1. The smallest absolute Gasteiger partial charge is 0.285 e. The number of carbonyl (C=O) groups is 1. The quantitative estimate of drug-likeness (QED) is 0.617. The summed E-state index contributed by atoms with van der Waals surface area (Å²) < 4.78 is 26.0. The Hall–Kier alpha value is -2.05. The lowest BCUT2D eigenvalue weighted by Gasteiger charge is -2.21. The van der Waals surface area contributed by atoms with Crippen LogP contribution in [-0.4, -0.2) is 28.8 Å². The molecule has 0 aliphatic carbocycles. The summed E-state index contributed by atoms with van der Waals surface area (Å²) in [7, 11) is 1.43. The third-order valence-electron chi connectivity index (χ3n) is 2.56. The van der Waals surface area contributed by atoms with Gasteiger partial charge in [0, 0.05) is 13.1 Å². The van der Waals surface area contributed by atoms with Gasteiger partial charge in [-0.05, 0) is 19.9 Å². The fourth-order valence-corrected chi connectivity index (χ4v) is 1.28. The van der Waals surface area contributed by atoms with Crippen LogP contribution in [0.15, 0.2) is 12.1 Å². The molecule has 1 aromatic carbocycles. The zero-order valence-corrected chi connectivity index (χ0v) is 10.1. The van der Waals surface area contributed by atoms with E-state index < -0.39 is 33.7 Å². The second kappa shape index (κ2) is 5.07. The second-order valence-electron chi connectivity index (χ2n) is 4.05. The number of nitro groups is 1. The van der Waals surface area contributed by atoms with Gasteiger partial charge in [0.1, 0.15) is 5.56 Å². The number of nitrogens with zero attached hydrogens (tertiary/aromatic N) is 2. The molecule has 1 amide bonds. The molecule has 1 rings (SSSR count). The summed E-state index contributed by atoms with van der Waals surface area (Å²) >= 11 is 0. The predicted octanol–water partition coefficient (Wildman–Crippen LogP) is 2.35. The van der Waals surface area contributed by atoms with E-state index in [2.05, 4.69) is 0 Å². The molecule has 0 spiro atoms. The summed E-state index contributed by atoms with van der Waals surface area (Å²) in [6.45, 7) is 3.40. The van der Waals surface area contributed by atoms with Crippen LogP contribution in [0.1, 0.15) is 24.2 Å². The van der Waals surface area contributed by atoms with Gasteiger partial charge in [0.2, 0.25) is 0 Å². The monoisotopic (exact) mass is 258 g/mol. The molecule has 7 heteroatoms. The van der Waals surface area contributed by atoms with Crippen molar-refractivity contribution in [1.82, 2.24) is 4.90 Å². The molecule has 0 radical (unpaired) electrons. The van der Waals surface area contributed by atoms with Gasteiger partial charge in [0.15, 0.2) is 11.6 Å². The minimum Gasteiger partial charge on any atom is -0.339 e. The first-order valence-corrected chi connectivity index (χ1v) is 5.16. The Balaban J connectivity index is 3.35. The highest BCUT2D eigenvalue weighted by atomic mass is 19.2. The van der Waals surface area contributed by atoms with Crippen molar-refractivity contribution >= 4 is 11.6 Å². The first kappa shape index (κ1) is 14.0. The Morgan fingerprint density at radius 1 is 1.33 bits per heavy atom. The maximum Gasteiger partial charge on any atom is 0.285 e. The Morgan fingerprint density at radius 3 is 2.28 bits per heavy atom. The Morgan fingerprint density at radius 2 is 1.83 bits per heavy atom. The van der Waals surface area contributed by atoms with E-state index in [1.165, 1.54) is 11.9 Å². The van der Waals surface area contributed by atoms with Crippen molar-refractivity contribution in [2.45, 2.75) is 19.9 Å². The van der Waals surface area contributed by atoms with Crippen LogP contribution >= 0.6 is 0 Å². The molecule has 18 heavy (non-hydrogen) atoms. The molecule has 1 aromatic rings. The van der Waals surface area contributed by atoms with Crippen molar-refractivity contribution in [1.29, 1.82) is 0 Å². The van der Waals surface area contributed by atoms with Crippen LogP contribution in [0.3, 0.4) is 0 Å². The van der Waals surface area contributed by atoms with Gasteiger partial charge >= 0.3 is 0 Å². The zero-order valence-electron chi connectivity index (χ0n) is 10.1. The summed E-state index contributed by atoms with van der Waals surface area (Å²) in [5, 5.41) is 10.7. The van der Waals surface area contributed by atoms with Crippen LogP contribution in [0, 0.1) is 21.7 Å². The average Bonchev–Trinajstić information content (AvgIpc) is 2.29. The standard InChI is InChI=1S/C11H12F2N2O3/c1-6(2)14(3)11(16)7-4-8(12)9(13)5-10(7)15(17)18/h4-6H,1-3H3. The van der Waals surface area contributed by atoms with Gasteiger partial charge in [-0.2, -0.15) is 0 Å². The zero-order chi connectivity index (χ0) is 14.0. The van der Waals surface area contributed by atoms with E-state index in [1.54, 1.807) is 13.8 Å². The highest BCUT2D eigenvalue weighted by Gasteiger charge is 2.26. The SMILES string of the molecule is CC(C)N(C)C(=O)c1cc(F)c(F)cc1[N+](=O)[O-]. The number of carbonyl (C=O) groups excluding carboxylic acids is 1. The molecule has 0 atom stereocenters. The average molecular weight is 258 g/mol. The molecular weight excluding hydrogens is 246 g/mol. The fraction of sp³-hybridized carbons (Fsp3) is 0.364. The number of hydrogen-bond donors (Lipinski definition) is 0. The molecule has 0 aromatic heterocycles. The largest absolute Gasteiger partial charge is 0.339 e. The Labute approximate surface area is 102 Å². The van der Waals surface area contributed by atoms with Crippen LogP contribution in [-0.2, 0) is 0 Å². The van der Waals surface area contributed by atoms with Gasteiger partial charge in [0.05, 0.1) is 11.0 Å². The summed E-state index contributed by atoms with van der Waals surface area (Å²) in [6.07, 6.45) is 0. The van der Waals surface area contributed by atoms with Gasteiger partial charge in [-0.3, -0.25) is 14.9 Å². The van der Waals surface area contributed by atoms with E-state index in [4.69, 9.17) is 0 Å². The third kappa shape index (κ3) is 2.61. The third-order valence-corrected chi connectivity index (χ3v) is 2.56. The molecule has 0 unspecified atom stereocenters. The molecule has 0 saturated heterocycles. The highest BCUT2D eigenvalue weighted by Crippen LogP contribution is 2.23. The summed E-state index contributed by atoms with van der Waals surface area (Å²) in [5.74, 6) is -3.37. The molecule has 0 bridgehead atoms. The number of hydrogen-bond acceptors (Lipinski definition) is 3. The maximum absolute atomic E-state index is 13.1. The molecule has 0 aliphatic rings. The van der Waals surface area contributed by atoms with Crippen LogP contribution < -0.4 is 0 Å². The highest BCUT2D eigenvalue weighted by molar-refractivity contribution is 5.98. The molecule has 98 valence electrons. The number of nitro benzene ring substituents is 1. The van der Waals surface area contributed by atoms with Gasteiger partial charge < -0.3 is 4.90 Å². The number of halogens is 2. The topological polar surface area (TPSA) is 63.5 Å². The van der Waals surface area contributed by atoms with Crippen molar-refractivity contribution in [3.63, 3.8) is 0 Å². The van der Waals surface area contributed by atoms with E-state index in [9.17, 15) is 23.7 Å². The molecule has 0 N–H and O–H groups in total. The van der Waals surface area contributed by atoms with Crippen molar-refractivity contribution in [3.8, 4) is 0 Å². The molecule has 0 saturated carbocycles. The van der Waals surface area contributed by atoms with E-state index in [0.717, 1.165) is 0 Å². The second-order valence-corrected chi connectivity index (χ2v) is 4.05. The lowest BCUT2D eigenvalue weighted by atomic mass is 10.1. The molecule has 0 aliphatic heterocycles. The Bertz CT molecular complexity index is 503. The van der Waals surface area contributed by atoms with Gasteiger partial charge in [0.25, 0.3) is 11.6 Å². The van der Waals surface area contributed by atoms with Crippen LogP contribution in [0.5, 0.6) is 0 Å². The molecular formula is C11H12F2N2O3. The minimum absolute atomic E-state index is 0.217. The van der Waals surface area contributed by atoms with E-state index >= 15 is 0 Å².